The van der Waals surface area contributed by atoms with Crippen LogP contribution in [-0.2, 0) is 4.79 Å². The maximum Gasteiger partial charge on any atom is 0.225 e. The Balaban J connectivity index is 1.54. The van der Waals surface area contributed by atoms with Gasteiger partial charge in [0, 0.05) is 25.0 Å². The molecule has 114 valence electrons. The van der Waals surface area contributed by atoms with Gasteiger partial charge in [-0.1, -0.05) is 19.8 Å². The highest BCUT2D eigenvalue weighted by Gasteiger charge is 2.39. The van der Waals surface area contributed by atoms with Crippen LogP contribution in [0.5, 0.6) is 0 Å². The summed E-state index contributed by atoms with van der Waals surface area (Å²) in [5, 5.41) is 0. The molecule has 3 atom stereocenters. The van der Waals surface area contributed by atoms with Crippen molar-refractivity contribution in [3.8, 4) is 0 Å². The van der Waals surface area contributed by atoms with E-state index < -0.39 is 0 Å². The molecule has 2 aliphatic carbocycles. The molecule has 3 fully saturated rings. The van der Waals surface area contributed by atoms with Crippen molar-refractivity contribution < 1.29 is 4.79 Å². The lowest BCUT2D eigenvalue weighted by Gasteiger charge is -2.41. The quantitative estimate of drug-likeness (QED) is 0.801. The fourth-order valence-electron chi connectivity index (χ4n) is 4.73. The number of likely N-dealkylation sites (tertiary alicyclic amines) is 1. The summed E-state index contributed by atoms with van der Waals surface area (Å²) in [6.45, 7) is 4.22. The first-order valence-corrected chi connectivity index (χ1v) is 8.64. The maximum atomic E-state index is 12.7. The first kappa shape index (κ1) is 14.4. The van der Waals surface area contributed by atoms with E-state index in [1.165, 1.54) is 38.5 Å². The Morgan fingerprint density at radius 2 is 1.75 bits per heavy atom. The molecule has 0 aromatic rings. The van der Waals surface area contributed by atoms with Gasteiger partial charge in [-0.2, -0.15) is 0 Å². The minimum atomic E-state index is 0.252. The smallest absolute Gasteiger partial charge is 0.225 e. The first-order chi connectivity index (χ1) is 9.60. The van der Waals surface area contributed by atoms with Crippen molar-refractivity contribution in [2.75, 3.05) is 13.1 Å². The average Bonchev–Trinajstić information content (AvgIpc) is 2.90. The molecule has 1 saturated heterocycles. The summed E-state index contributed by atoms with van der Waals surface area (Å²) in [6.07, 6.45) is 11.2. The van der Waals surface area contributed by atoms with Crippen molar-refractivity contribution in [3.05, 3.63) is 0 Å². The zero-order chi connectivity index (χ0) is 14.2. The Bertz CT molecular complexity index is 352. The van der Waals surface area contributed by atoms with E-state index in [1.807, 2.05) is 0 Å². The zero-order valence-electron chi connectivity index (χ0n) is 12.9. The molecule has 3 heteroatoms. The molecule has 3 nitrogen and oxygen atoms in total. The van der Waals surface area contributed by atoms with Gasteiger partial charge in [-0.15, -0.1) is 0 Å². The van der Waals surface area contributed by atoms with Crippen LogP contribution in [0.3, 0.4) is 0 Å². The average molecular weight is 278 g/mol. The number of amides is 1. The van der Waals surface area contributed by atoms with Crippen molar-refractivity contribution in [2.24, 2.45) is 23.0 Å². The summed E-state index contributed by atoms with van der Waals surface area (Å²) in [6, 6.07) is 0.308. The maximum absolute atomic E-state index is 12.7. The summed E-state index contributed by atoms with van der Waals surface area (Å²) in [5.74, 6) is 1.18. The summed E-state index contributed by atoms with van der Waals surface area (Å²) in [4.78, 5) is 14.9. The Kier molecular flexibility index (Phi) is 4.07. The highest BCUT2D eigenvalue weighted by atomic mass is 16.2. The Hall–Kier alpha value is -0.570. The van der Waals surface area contributed by atoms with Crippen LogP contribution in [0.25, 0.3) is 0 Å². The third kappa shape index (κ3) is 2.74. The molecule has 20 heavy (non-hydrogen) atoms. The van der Waals surface area contributed by atoms with E-state index in [0.29, 0.717) is 23.3 Å². The minimum absolute atomic E-state index is 0.252. The van der Waals surface area contributed by atoms with Crippen LogP contribution >= 0.6 is 0 Å². The Labute approximate surface area is 123 Å². The van der Waals surface area contributed by atoms with Crippen molar-refractivity contribution >= 4 is 5.91 Å². The second-order valence-electron chi connectivity index (χ2n) is 7.68. The molecule has 0 bridgehead atoms. The molecule has 0 radical (unpaired) electrons. The van der Waals surface area contributed by atoms with Gasteiger partial charge < -0.3 is 10.6 Å². The number of carbonyl (C=O) groups is 1. The van der Waals surface area contributed by atoms with E-state index >= 15 is 0 Å². The number of nitrogens with zero attached hydrogens (tertiary/aromatic N) is 1. The highest BCUT2D eigenvalue weighted by molar-refractivity contribution is 5.79. The van der Waals surface area contributed by atoms with Gasteiger partial charge in [0.05, 0.1) is 0 Å². The molecule has 1 aliphatic heterocycles. The van der Waals surface area contributed by atoms with E-state index in [9.17, 15) is 4.79 Å². The molecule has 1 heterocycles. The molecule has 0 aromatic heterocycles. The van der Waals surface area contributed by atoms with Crippen molar-refractivity contribution in [1.29, 1.82) is 0 Å². The Morgan fingerprint density at radius 3 is 2.35 bits per heavy atom. The molecular weight excluding hydrogens is 248 g/mol. The predicted octanol–water partition coefficient (Wildman–Crippen LogP) is 2.93. The van der Waals surface area contributed by atoms with Crippen LogP contribution in [0, 0.1) is 17.3 Å². The first-order valence-electron chi connectivity index (χ1n) is 8.64. The van der Waals surface area contributed by atoms with Crippen LogP contribution in [0.2, 0.25) is 0 Å². The van der Waals surface area contributed by atoms with Crippen LogP contribution in [0.4, 0.5) is 0 Å². The number of hydrogen-bond acceptors (Lipinski definition) is 2. The fourth-order valence-corrected chi connectivity index (χ4v) is 4.73. The number of piperidine rings is 1. The molecule has 3 aliphatic rings. The van der Waals surface area contributed by atoms with Crippen LogP contribution in [-0.4, -0.2) is 29.9 Å². The lowest BCUT2D eigenvalue weighted by atomic mass is 9.75. The van der Waals surface area contributed by atoms with Gasteiger partial charge in [-0.25, -0.2) is 0 Å². The van der Waals surface area contributed by atoms with Gasteiger partial charge in [-0.05, 0) is 56.3 Å². The van der Waals surface area contributed by atoms with Gasteiger partial charge in [0.15, 0.2) is 0 Å². The summed E-state index contributed by atoms with van der Waals surface area (Å²) < 4.78 is 0. The van der Waals surface area contributed by atoms with Crippen molar-refractivity contribution in [1.82, 2.24) is 4.90 Å². The number of carbonyl (C=O) groups excluding carboxylic acids is 1. The fraction of sp³-hybridized carbons (Fsp3) is 0.941. The topological polar surface area (TPSA) is 46.3 Å². The summed E-state index contributed by atoms with van der Waals surface area (Å²) >= 11 is 0. The third-order valence-corrected chi connectivity index (χ3v) is 6.38. The van der Waals surface area contributed by atoms with E-state index in [-0.39, 0.29) is 5.92 Å². The van der Waals surface area contributed by atoms with Crippen molar-refractivity contribution in [3.63, 3.8) is 0 Å². The number of hydrogen-bond donors (Lipinski definition) is 1. The molecule has 2 N–H and O–H groups in total. The molecule has 0 aromatic carbocycles. The molecule has 2 saturated carbocycles. The van der Waals surface area contributed by atoms with E-state index in [1.54, 1.807) is 0 Å². The Morgan fingerprint density at radius 1 is 1.10 bits per heavy atom. The normalized spacial score (nSPS) is 37.3. The molecular formula is C17H30N2O. The van der Waals surface area contributed by atoms with Crippen LogP contribution in [0.1, 0.15) is 64.7 Å². The molecule has 3 unspecified atom stereocenters. The zero-order valence-corrected chi connectivity index (χ0v) is 12.9. The largest absolute Gasteiger partial charge is 0.342 e. The van der Waals surface area contributed by atoms with E-state index in [4.69, 9.17) is 5.73 Å². The number of nitrogens with two attached hydrogens (primary N) is 1. The van der Waals surface area contributed by atoms with E-state index in [0.717, 1.165) is 32.4 Å². The summed E-state index contributed by atoms with van der Waals surface area (Å²) in [5.41, 5.74) is 6.68. The van der Waals surface area contributed by atoms with Crippen molar-refractivity contribution in [2.45, 2.75) is 70.8 Å². The van der Waals surface area contributed by atoms with Gasteiger partial charge in [-0.3, -0.25) is 4.79 Å². The van der Waals surface area contributed by atoms with Crippen LogP contribution < -0.4 is 5.73 Å². The highest BCUT2D eigenvalue weighted by Crippen LogP contribution is 2.46. The lowest BCUT2D eigenvalue weighted by molar-refractivity contribution is -0.139. The van der Waals surface area contributed by atoms with Gasteiger partial charge in [0.1, 0.15) is 0 Å². The van der Waals surface area contributed by atoms with E-state index in [2.05, 4.69) is 11.8 Å². The standard InChI is InChI=1S/C17H30N2O/c1-13-12-14(4-5-15(13)18)16(20)19-10-8-17(9-11-19)6-2-3-7-17/h13-15H,2-12,18H2,1H3. The monoisotopic (exact) mass is 278 g/mol. The second-order valence-corrected chi connectivity index (χ2v) is 7.68. The SMILES string of the molecule is CC1CC(C(=O)N2CCC3(CCCC3)CC2)CCC1N. The van der Waals surface area contributed by atoms with Crippen LogP contribution in [0.15, 0.2) is 0 Å². The minimum Gasteiger partial charge on any atom is -0.342 e. The molecule has 3 rings (SSSR count). The molecule has 1 spiro atoms. The summed E-state index contributed by atoms with van der Waals surface area (Å²) in [7, 11) is 0. The predicted molar refractivity (Wildman–Crippen MR) is 81.2 cm³/mol. The lowest BCUT2D eigenvalue weighted by Crippen LogP contribution is -2.47. The number of rotatable bonds is 1. The second kappa shape index (κ2) is 5.67. The van der Waals surface area contributed by atoms with Gasteiger partial charge in [0.25, 0.3) is 0 Å². The molecule has 1 amide bonds. The third-order valence-electron chi connectivity index (χ3n) is 6.38. The van der Waals surface area contributed by atoms with Gasteiger partial charge >= 0.3 is 0 Å². The van der Waals surface area contributed by atoms with Gasteiger partial charge in [0.2, 0.25) is 5.91 Å².